The van der Waals surface area contributed by atoms with Gasteiger partial charge in [0.2, 0.25) is 0 Å². The highest BCUT2D eigenvalue weighted by atomic mass is 32.1. The first-order chi connectivity index (χ1) is 9.88. The van der Waals surface area contributed by atoms with Crippen LogP contribution in [-0.4, -0.2) is 65.1 Å². The Hall–Kier alpha value is -1.67. The second-order valence-corrected chi connectivity index (χ2v) is 6.29. The van der Waals surface area contributed by atoms with Gasteiger partial charge >= 0.3 is 12.0 Å². The molecule has 116 valence electrons. The zero-order valence-electron chi connectivity index (χ0n) is 12.4. The number of nitrogens with one attached hydrogen (secondary N) is 1. The van der Waals surface area contributed by atoms with E-state index in [1.807, 2.05) is 21.0 Å². The van der Waals surface area contributed by atoms with Crippen LogP contribution in [-0.2, 0) is 0 Å². The van der Waals surface area contributed by atoms with Gasteiger partial charge in [-0.05, 0) is 27.4 Å². The smallest absolute Gasteiger partial charge is 0.355 e. The minimum absolute atomic E-state index is 0.0185. The summed E-state index contributed by atoms with van der Waals surface area (Å²) in [5.74, 6) is -1.05. The van der Waals surface area contributed by atoms with Crippen LogP contribution in [0.25, 0.3) is 0 Å². The van der Waals surface area contributed by atoms with Crippen LogP contribution in [0.2, 0.25) is 0 Å². The highest BCUT2D eigenvalue weighted by molar-refractivity contribution is 7.09. The lowest BCUT2D eigenvalue weighted by Crippen LogP contribution is -2.41. The molecular formula is C13H20N4O3S. The SMILES string of the molecule is CC(NC(=O)N1CCC(N(C)C)C1)c1nc(C(=O)O)cs1. The van der Waals surface area contributed by atoms with Gasteiger partial charge in [-0.1, -0.05) is 0 Å². The summed E-state index contributed by atoms with van der Waals surface area (Å²) in [4.78, 5) is 30.9. The van der Waals surface area contributed by atoms with E-state index in [0.717, 1.165) is 13.0 Å². The van der Waals surface area contributed by atoms with Crippen LogP contribution in [0.4, 0.5) is 4.79 Å². The normalized spacial score (nSPS) is 19.8. The molecule has 2 rings (SSSR count). The molecule has 0 spiro atoms. The van der Waals surface area contributed by atoms with Crippen molar-refractivity contribution in [1.82, 2.24) is 20.1 Å². The van der Waals surface area contributed by atoms with Crippen molar-refractivity contribution >= 4 is 23.3 Å². The number of likely N-dealkylation sites (N-methyl/N-ethyl adjacent to an activating group) is 1. The van der Waals surface area contributed by atoms with Crippen molar-refractivity contribution in [2.75, 3.05) is 27.2 Å². The molecule has 0 radical (unpaired) electrons. The predicted octanol–water partition coefficient (Wildman–Crippen LogP) is 1.25. The molecule has 2 N–H and O–H groups in total. The molecule has 8 heteroatoms. The molecule has 0 aliphatic carbocycles. The Morgan fingerprint density at radius 2 is 2.29 bits per heavy atom. The van der Waals surface area contributed by atoms with Gasteiger partial charge in [-0.2, -0.15) is 0 Å². The molecule has 1 fully saturated rings. The summed E-state index contributed by atoms with van der Waals surface area (Å²) in [5, 5.41) is 13.8. The molecule has 1 aromatic heterocycles. The zero-order valence-corrected chi connectivity index (χ0v) is 13.2. The Kier molecular flexibility index (Phi) is 4.79. The van der Waals surface area contributed by atoms with E-state index in [2.05, 4.69) is 15.2 Å². The standard InChI is InChI=1S/C13H20N4O3S/c1-8(11-15-10(7-21-11)12(18)19)14-13(20)17-5-4-9(6-17)16(2)3/h7-9H,4-6H2,1-3H3,(H,14,20)(H,18,19). The van der Waals surface area contributed by atoms with Crippen molar-refractivity contribution in [2.24, 2.45) is 0 Å². The van der Waals surface area contributed by atoms with Crippen molar-refractivity contribution < 1.29 is 14.7 Å². The number of carbonyl (C=O) groups excluding carboxylic acids is 1. The highest BCUT2D eigenvalue weighted by Gasteiger charge is 2.28. The second-order valence-electron chi connectivity index (χ2n) is 5.40. The van der Waals surface area contributed by atoms with Gasteiger partial charge in [0.05, 0.1) is 6.04 Å². The lowest BCUT2D eigenvalue weighted by atomic mass is 10.2. The Labute approximate surface area is 127 Å². The fraction of sp³-hybridized carbons (Fsp3) is 0.615. The largest absolute Gasteiger partial charge is 0.476 e. The van der Waals surface area contributed by atoms with Gasteiger partial charge in [0.1, 0.15) is 5.01 Å². The molecule has 2 amide bonds. The van der Waals surface area contributed by atoms with Gasteiger partial charge in [0.15, 0.2) is 5.69 Å². The number of aromatic nitrogens is 1. The van der Waals surface area contributed by atoms with E-state index in [-0.39, 0.29) is 17.8 Å². The van der Waals surface area contributed by atoms with Crippen LogP contribution in [0.3, 0.4) is 0 Å². The summed E-state index contributed by atoms with van der Waals surface area (Å²) in [5.41, 5.74) is 0.0185. The highest BCUT2D eigenvalue weighted by Crippen LogP contribution is 2.19. The average Bonchev–Trinajstić information content (AvgIpc) is 3.08. The molecule has 7 nitrogen and oxygen atoms in total. The molecule has 1 aliphatic heterocycles. The summed E-state index contributed by atoms with van der Waals surface area (Å²) in [6.07, 6.45) is 0.967. The number of nitrogens with zero attached hydrogens (tertiary/aromatic N) is 3. The monoisotopic (exact) mass is 312 g/mol. The Morgan fingerprint density at radius 1 is 1.57 bits per heavy atom. The summed E-state index contributed by atoms with van der Waals surface area (Å²) >= 11 is 1.24. The molecule has 2 unspecified atom stereocenters. The van der Waals surface area contributed by atoms with Gasteiger partial charge < -0.3 is 20.2 Å². The van der Waals surface area contributed by atoms with Crippen molar-refractivity contribution in [2.45, 2.75) is 25.4 Å². The van der Waals surface area contributed by atoms with E-state index in [0.29, 0.717) is 17.6 Å². The number of carboxylic acid groups (broad SMARTS) is 1. The summed E-state index contributed by atoms with van der Waals surface area (Å²) < 4.78 is 0. The predicted molar refractivity (Wildman–Crippen MR) is 79.7 cm³/mol. The van der Waals surface area contributed by atoms with E-state index >= 15 is 0 Å². The first-order valence-corrected chi connectivity index (χ1v) is 7.67. The fourth-order valence-corrected chi connectivity index (χ4v) is 3.07. The Balaban J connectivity index is 1.91. The summed E-state index contributed by atoms with van der Waals surface area (Å²) in [6.45, 7) is 3.26. The Bertz CT molecular complexity index is 531. The number of rotatable bonds is 4. The van der Waals surface area contributed by atoms with Crippen LogP contribution < -0.4 is 5.32 Å². The van der Waals surface area contributed by atoms with Crippen molar-refractivity contribution in [1.29, 1.82) is 0 Å². The molecule has 0 saturated carbocycles. The van der Waals surface area contributed by atoms with Crippen LogP contribution in [0.1, 0.15) is 34.9 Å². The van der Waals surface area contributed by atoms with Gasteiger partial charge in [-0.25, -0.2) is 14.6 Å². The van der Waals surface area contributed by atoms with Crippen LogP contribution in [0, 0.1) is 0 Å². The Morgan fingerprint density at radius 3 is 2.81 bits per heavy atom. The maximum Gasteiger partial charge on any atom is 0.355 e. The van der Waals surface area contributed by atoms with Crippen molar-refractivity contribution in [3.8, 4) is 0 Å². The lowest BCUT2D eigenvalue weighted by molar-refractivity contribution is 0.0691. The molecule has 0 bridgehead atoms. The number of carbonyl (C=O) groups is 2. The molecule has 2 atom stereocenters. The quantitative estimate of drug-likeness (QED) is 0.874. The van der Waals surface area contributed by atoms with Gasteiger partial charge in [-0.3, -0.25) is 0 Å². The van der Waals surface area contributed by atoms with E-state index in [4.69, 9.17) is 5.11 Å². The fourth-order valence-electron chi connectivity index (χ4n) is 2.27. The lowest BCUT2D eigenvalue weighted by Gasteiger charge is -2.22. The van der Waals surface area contributed by atoms with Crippen LogP contribution >= 0.6 is 11.3 Å². The number of carboxylic acids is 1. The van der Waals surface area contributed by atoms with Gasteiger partial charge in [0, 0.05) is 24.5 Å². The number of hydrogen-bond donors (Lipinski definition) is 2. The third-order valence-corrected chi connectivity index (χ3v) is 4.66. The van der Waals surface area contributed by atoms with E-state index in [1.165, 1.54) is 16.7 Å². The van der Waals surface area contributed by atoms with Crippen molar-refractivity contribution in [3.05, 3.63) is 16.1 Å². The van der Waals surface area contributed by atoms with E-state index in [9.17, 15) is 9.59 Å². The molecule has 1 aromatic rings. The summed E-state index contributed by atoms with van der Waals surface area (Å²) in [6, 6.07) is -0.0301. The maximum atomic E-state index is 12.2. The second kappa shape index (κ2) is 6.40. The first kappa shape index (κ1) is 15.7. The van der Waals surface area contributed by atoms with E-state index < -0.39 is 5.97 Å². The molecular weight excluding hydrogens is 292 g/mol. The minimum atomic E-state index is -1.05. The van der Waals surface area contributed by atoms with Crippen molar-refractivity contribution in [3.63, 3.8) is 0 Å². The number of amides is 2. The van der Waals surface area contributed by atoms with Crippen LogP contribution in [0.5, 0.6) is 0 Å². The van der Waals surface area contributed by atoms with Crippen LogP contribution in [0.15, 0.2) is 5.38 Å². The minimum Gasteiger partial charge on any atom is -0.476 e. The third-order valence-electron chi connectivity index (χ3n) is 3.63. The number of urea groups is 1. The van der Waals surface area contributed by atoms with Gasteiger partial charge in [0.25, 0.3) is 0 Å². The topological polar surface area (TPSA) is 85.8 Å². The zero-order chi connectivity index (χ0) is 15.6. The molecule has 2 heterocycles. The third kappa shape index (κ3) is 3.70. The average molecular weight is 312 g/mol. The number of thiazole rings is 1. The molecule has 1 saturated heterocycles. The maximum absolute atomic E-state index is 12.2. The summed E-state index contributed by atoms with van der Waals surface area (Å²) in [7, 11) is 4.02. The van der Waals surface area contributed by atoms with E-state index in [1.54, 1.807) is 4.90 Å². The van der Waals surface area contributed by atoms with Gasteiger partial charge in [-0.15, -0.1) is 11.3 Å². The molecule has 0 aromatic carbocycles. The number of likely N-dealkylation sites (tertiary alicyclic amines) is 1. The number of aromatic carboxylic acids is 1. The molecule has 1 aliphatic rings. The number of hydrogen-bond acceptors (Lipinski definition) is 5. The first-order valence-electron chi connectivity index (χ1n) is 6.79. The molecule has 21 heavy (non-hydrogen) atoms.